The van der Waals surface area contributed by atoms with Crippen LogP contribution in [0.4, 0.5) is 5.69 Å². The molecule has 0 saturated carbocycles. The molecule has 1 unspecified atom stereocenters. The Morgan fingerprint density at radius 1 is 0.677 bits per heavy atom. The summed E-state index contributed by atoms with van der Waals surface area (Å²) in [5, 5.41) is 4.00. The molecule has 0 amide bonds. The van der Waals surface area contributed by atoms with E-state index in [2.05, 4.69) is 142 Å². The van der Waals surface area contributed by atoms with E-state index in [1.54, 1.807) is 0 Å². The van der Waals surface area contributed by atoms with Crippen molar-refractivity contribution in [2.45, 2.75) is 25.8 Å². The van der Waals surface area contributed by atoms with Crippen LogP contribution >= 0.6 is 20.9 Å². The van der Waals surface area contributed by atoms with Gasteiger partial charge >= 0.3 is 194 Å². The van der Waals surface area contributed by atoms with Gasteiger partial charge in [-0.2, -0.15) is 0 Å². The molecule has 0 fully saturated rings. The zero-order valence-electron chi connectivity index (χ0n) is 17.7. The van der Waals surface area contributed by atoms with Crippen molar-refractivity contribution in [3.05, 3.63) is 121 Å². The van der Waals surface area contributed by atoms with Gasteiger partial charge in [0.15, 0.2) is 0 Å². The average Bonchev–Trinajstić information content (AvgIpc) is 3.25. The van der Waals surface area contributed by atoms with Gasteiger partial charge in [-0.3, -0.25) is 0 Å². The van der Waals surface area contributed by atoms with Crippen LogP contribution < -0.4 is 20.6 Å². The third kappa shape index (κ3) is 2.93. The van der Waals surface area contributed by atoms with Crippen LogP contribution in [0.5, 0.6) is 0 Å². The molecule has 156 valence electrons. The van der Waals surface area contributed by atoms with Gasteiger partial charge in [-0.05, 0) is 0 Å². The van der Waals surface area contributed by atoms with Crippen LogP contribution in [0, 0.1) is 0 Å². The Kier molecular flexibility index (Phi) is 5.24. The molecule has 1 aliphatic rings. The van der Waals surface area contributed by atoms with Crippen LogP contribution in [-0.4, -0.2) is 6.04 Å². The fourth-order valence-electron chi connectivity index (χ4n) is 5.19. The Balaban J connectivity index is 1.97. The third-order valence-corrected chi connectivity index (χ3v) is 16.4. The second-order valence-corrected chi connectivity index (χ2v) is 16.3. The monoisotopic (exact) mass is 487 g/mol. The molecule has 1 nitrogen and oxygen atoms in total. The molecular weight excluding hydrogens is 461 g/mol. The van der Waals surface area contributed by atoms with Gasteiger partial charge in [0.1, 0.15) is 0 Å². The zero-order chi connectivity index (χ0) is 21.3. The number of hydrogen-bond donors (Lipinski definition) is 0. The Bertz CT molecular complexity index is 1080. The van der Waals surface area contributed by atoms with Crippen LogP contribution in [0.15, 0.2) is 115 Å². The number of benzene rings is 4. The number of para-hydroxylation sites is 1. The molecule has 1 aliphatic heterocycles. The Morgan fingerprint density at radius 3 is 1.55 bits per heavy atom. The van der Waals surface area contributed by atoms with Crippen molar-refractivity contribution in [3.8, 4) is 0 Å². The van der Waals surface area contributed by atoms with Crippen LogP contribution in [0.2, 0.25) is 0 Å². The number of rotatable bonds is 5. The van der Waals surface area contributed by atoms with Crippen molar-refractivity contribution in [3.63, 3.8) is 0 Å². The number of anilines is 1. The summed E-state index contributed by atoms with van der Waals surface area (Å²) < 4.78 is 2.76. The maximum absolute atomic E-state index is 4.65. The predicted octanol–water partition coefficient (Wildman–Crippen LogP) is 6.58. The molecule has 0 saturated heterocycles. The van der Waals surface area contributed by atoms with E-state index >= 15 is 0 Å². The van der Waals surface area contributed by atoms with Crippen LogP contribution in [0.1, 0.15) is 18.9 Å². The molecule has 3 heteroatoms. The summed E-state index contributed by atoms with van der Waals surface area (Å²) in [6.45, 7) is 2.32. The summed E-state index contributed by atoms with van der Waals surface area (Å²) in [6.07, 6.45) is 2.16. The first kappa shape index (κ1) is 20.5. The van der Waals surface area contributed by atoms with Gasteiger partial charge in [0.05, 0.1) is 0 Å². The van der Waals surface area contributed by atoms with Gasteiger partial charge in [0, 0.05) is 0 Å². The summed E-state index contributed by atoms with van der Waals surface area (Å²) in [5.41, 5.74) is -0.425. The first-order chi connectivity index (χ1) is 15.2. The van der Waals surface area contributed by atoms with E-state index < -0.39 is 5.46 Å². The second kappa shape index (κ2) is 7.93. The minimum absolute atomic E-state index is 0.412. The summed E-state index contributed by atoms with van der Waals surface area (Å²) >= 11 is 4.65. The van der Waals surface area contributed by atoms with Gasteiger partial charge < -0.3 is 0 Å². The standard InChI is InChI=1S/C28H27BrNP/c1-2-24-22-23-14-12-13-21-28(23)30(24)31(29,25-15-6-3-7-16-25,26-17-8-4-9-18-26)27-19-10-5-11-20-27/h3-21,24H,2,22H2,1H3. The van der Waals surface area contributed by atoms with Crippen LogP contribution in [-0.2, 0) is 6.42 Å². The van der Waals surface area contributed by atoms with Gasteiger partial charge in [0.25, 0.3) is 0 Å². The number of nitrogens with zero attached hydrogens (tertiary/aromatic N) is 1. The van der Waals surface area contributed by atoms with E-state index in [0.717, 1.165) is 12.8 Å². The van der Waals surface area contributed by atoms with Crippen LogP contribution in [0.25, 0.3) is 0 Å². The second-order valence-electron chi connectivity index (χ2n) is 8.21. The third-order valence-electron chi connectivity index (χ3n) is 6.60. The summed E-state index contributed by atoms with van der Waals surface area (Å²) in [5.74, 6) is 0. The van der Waals surface area contributed by atoms with Crippen molar-refractivity contribution >= 4 is 42.5 Å². The quantitative estimate of drug-likeness (QED) is 0.287. The summed E-state index contributed by atoms with van der Waals surface area (Å²) in [6, 6.07) is 42.6. The summed E-state index contributed by atoms with van der Waals surface area (Å²) in [4.78, 5) is 0. The fraction of sp³-hybridized carbons (Fsp3) is 0.143. The Labute approximate surface area is 193 Å². The molecule has 0 aromatic heterocycles. The molecule has 1 heterocycles. The fourth-order valence-corrected chi connectivity index (χ4v) is 13.9. The predicted molar refractivity (Wildman–Crippen MR) is 141 cm³/mol. The molecule has 0 radical (unpaired) electrons. The number of fused-ring (bicyclic) bond motifs is 1. The minimum atomic E-state index is -3.21. The van der Waals surface area contributed by atoms with Gasteiger partial charge in [-0.15, -0.1) is 0 Å². The van der Waals surface area contributed by atoms with Crippen molar-refractivity contribution in [2.24, 2.45) is 0 Å². The molecular formula is C28H27BrNP. The zero-order valence-corrected chi connectivity index (χ0v) is 20.2. The maximum atomic E-state index is 4.65. The van der Waals surface area contributed by atoms with E-state index in [1.165, 1.54) is 27.2 Å². The molecule has 4 aromatic rings. The van der Waals surface area contributed by atoms with Gasteiger partial charge in [-0.25, -0.2) is 0 Å². The van der Waals surface area contributed by atoms with Gasteiger partial charge in [-0.1, -0.05) is 0 Å². The van der Waals surface area contributed by atoms with Crippen molar-refractivity contribution in [2.75, 3.05) is 4.67 Å². The molecule has 1 atom stereocenters. The van der Waals surface area contributed by atoms with E-state index in [0.29, 0.717) is 6.04 Å². The van der Waals surface area contributed by atoms with Crippen molar-refractivity contribution < 1.29 is 0 Å². The topological polar surface area (TPSA) is 3.24 Å². The average molecular weight is 488 g/mol. The SMILES string of the molecule is CCC1Cc2ccccc2N1P(Br)(c1ccccc1)(c1ccccc1)c1ccccc1. The number of halogens is 1. The molecule has 0 aliphatic carbocycles. The van der Waals surface area contributed by atoms with E-state index in [1.807, 2.05) is 0 Å². The molecule has 0 spiro atoms. The van der Waals surface area contributed by atoms with E-state index in [9.17, 15) is 0 Å². The molecule has 5 rings (SSSR count). The molecule has 0 bridgehead atoms. The van der Waals surface area contributed by atoms with Crippen molar-refractivity contribution in [1.29, 1.82) is 0 Å². The van der Waals surface area contributed by atoms with E-state index in [4.69, 9.17) is 0 Å². The van der Waals surface area contributed by atoms with Crippen LogP contribution in [0.3, 0.4) is 0 Å². The summed E-state index contributed by atoms with van der Waals surface area (Å²) in [7, 11) is 0. The first-order valence-electron chi connectivity index (χ1n) is 11.0. The molecule has 31 heavy (non-hydrogen) atoms. The molecule has 0 N–H and O–H groups in total. The van der Waals surface area contributed by atoms with Gasteiger partial charge in [0.2, 0.25) is 0 Å². The van der Waals surface area contributed by atoms with Crippen molar-refractivity contribution in [1.82, 2.24) is 0 Å². The Morgan fingerprint density at radius 2 is 1.10 bits per heavy atom. The Hall–Kier alpha value is -2.41. The normalized spacial score (nSPS) is 17.0. The molecule has 4 aromatic carbocycles. The first-order valence-corrected chi connectivity index (χ1v) is 15.2. The van der Waals surface area contributed by atoms with E-state index in [-0.39, 0.29) is 0 Å². The number of hydrogen-bond acceptors (Lipinski definition) is 1.